The highest BCUT2D eigenvalue weighted by Crippen LogP contribution is 2.15. The van der Waals surface area contributed by atoms with Crippen molar-refractivity contribution >= 4 is 11.9 Å². The van der Waals surface area contributed by atoms with Crippen molar-refractivity contribution in [2.75, 3.05) is 0 Å². The number of aliphatic carboxylic acids is 1. The molecule has 0 radical (unpaired) electrons. The summed E-state index contributed by atoms with van der Waals surface area (Å²) in [7, 11) is 0. The van der Waals surface area contributed by atoms with Gasteiger partial charge in [0, 0.05) is 11.7 Å². The summed E-state index contributed by atoms with van der Waals surface area (Å²) < 4.78 is 1.71. The molecule has 0 saturated heterocycles. The van der Waals surface area contributed by atoms with E-state index in [4.69, 9.17) is 5.11 Å². The van der Waals surface area contributed by atoms with Crippen LogP contribution in [0, 0.1) is 19.8 Å². The van der Waals surface area contributed by atoms with Crippen molar-refractivity contribution in [3.63, 3.8) is 0 Å². The highest BCUT2D eigenvalue weighted by Gasteiger charge is 2.23. The zero-order valence-electron chi connectivity index (χ0n) is 13.7. The molecule has 0 aliphatic heterocycles. The second-order valence-electron chi connectivity index (χ2n) is 5.91. The predicted octanol–water partition coefficient (Wildman–Crippen LogP) is 2.31. The maximum Gasteiger partial charge on any atom is 0.305 e. The van der Waals surface area contributed by atoms with Crippen molar-refractivity contribution in [2.45, 2.75) is 53.1 Å². The monoisotopic (exact) mass is 307 g/mol. The molecule has 6 heteroatoms. The van der Waals surface area contributed by atoms with E-state index in [1.165, 1.54) is 0 Å². The SMILES string of the molecule is C=CCn1nc(C)c(C(=O)N[C@H](CC(=O)O)CC(C)C)c1C. The summed E-state index contributed by atoms with van der Waals surface area (Å²) in [5, 5.41) is 16.1. The highest BCUT2D eigenvalue weighted by molar-refractivity contribution is 5.96. The van der Waals surface area contributed by atoms with Gasteiger partial charge in [-0.25, -0.2) is 0 Å². The number of carboxylic acids is 1. The topological polar surface area (TPSA) is 84.2 Å². The van der Waals surface area contributed by atoms with Crippen LogP contribution in [0.15, 0.2) is 12.7 Å². The number of carbonyl (C=O) groups excluding carboxylic acids is 1. The van der Waals surface area contributed by atoms with Crippen LogP contribution in [0.3, 0.4) is 0 Å². The number of rotatable bonds is 8. The molecule has 122 valence electrons. The maximum absolute atomic E-state index is 12.5. The molecule has 1 aromatic rings. The minimum atomic E-state index is -0.915. The molecule has 0 spiro atoms. The van der Waals surface area contributed by atoms with Crippen molar-refractivity contribution in [2.24, 2.45) is 5.92 Å². The van der Waals surface area contributed by atoms with E-state index in [-0.39, 0.29) is 18.4 Å². The highest BCUT2D eigenvalue weighted by atomic mass is 16.4. The van der Waals surface area contributed by atoms with Crippen LogP contribution < -0.4 is 5.32 Å². The van der Waals surface area contributed by atoms with E-state index in [0.29, 0.717) is 30.1 Å². The van der Waals surface area contributed by atoms with Gasteiger partial charge in [-0.15, -0.1) is 6.58 Å². The van der Waals surface area contributed by atoms with Crippen LogP contribution in [0.2, 0.25) is 0 Å². The molecule has 0 saturated carbocycles. The van der Waals surface area contributed by atoms with E-state index in [2.05, 4.69) is 17.0 Å². The lowest BCUT2D eigenvalue weighted by Crippen LogP contribution is -2.38. The molecule has 0 aromatic carbocycles. The number of nitrogens with zero attached hydrogens (tertiary/aromatic N) is 2. The second kappa shape index (κ2) is 7.77. The molecule has 1 amide bonds. The van der Waals surface area contributed by atoms with Crippen molar-refractivity contribution in [3.8, 4) is 0 Å². The minimum Gasteiger partial charge on any atom is -0.481 e. The Morgan fingerprint density at radius 1 is 1.41 bits per heavy atom. The average molecular weight is 307 g/mol. The summed E-state index contributed by atoms with van der Waals surface area (Å²) in [5.74, 6) is -0.880. The van der Waals surface area contributed by atoms with E-state index in [1.807, 2.05) is 20.8 Å². The normalized spacial score (nSPS) is 12.2. The Labute approximate surface area is 131 Å². The first kappa shape index (κ1) is 17.9. The Hall–Kier alpha value is -2.11. The van der Waals surface area contributed by atoms with Gasteiger partial charge < -0.3 is 10.4 Å². The Balaban J connectivity index is 2.94. The van der Waals surface area contributed by atoms with Crippen molar-refractivity contribution < 1.29 is 14.7 Å². The van der Waals surface area contributed by atoms with E-state index < -0.39 is 5.97 Å². The smallest absolute Gasteiger partial charge is 0.305 e. The summed E-state index contributed by atoms with van der Waals surface area (Å²) in [4.78, 5) is 23.4. The zero-order valence-corrected chi connectivity index (χ0v) is 13.7. The average Bonchev–Trinajstić information content (AvgIpc) is 2.63. The molecular formula is C16H25N3O3. The van der Waals surface area contributed by atoms with Gasteiger partial charge in [-0.1, -0.05) is 19.9 Å². The molecule has 1 aromatic heterocycles. The molecule has 0 fully saturated rings. The van der Waals surface area contributed by atoms with Crippen LogP contribution in [0.4, 0.5) is 0 Å². The van der Waals surface area contributed by atoms with Crippen LogP contribution in [0.1, 0.15) is 48.4 Å². The predicted molar refractivity (Wildman–Crippen MR) is 84.9 cm³/mol. The number of amides is 1. The Bertz CT molecular complexity index is 561. The van der Waals surface area contributed by atoms with E-state index in [1.54, 1.807) is 17.7 Å². The molecule has 0 bridgehead atoms. The third-order valence-electron chi connectivity index (χ3n) is 3.42. The lowest BCUT2D eigenvalue weighted by Gasteiger charge is -2.19. The molecule has 22 heavy (non-hydrogen) atoms. The first-order chi connectivity index (χ1) is 10.3. The van der Waals surface area contributed by atoms with Gasteiger partial charge in [0.25, 0.3) is 5.91 Å². The molecule has 1 rings (SSSR count). The van der Waals surface area contributed by atoms with Crippen molar-refractivity contribution in [1.29, 1.82) is 0 Å². The van der Waals surface area contributed by atoms with Gasteiger partial charge in [0.2, 0.25) is 0 Å². The summed E-state index contributed by atoms with van der Waals surface area (Å²) in [6.45, 7) is 11.8. The van der Waals surface area contributed by atoms with Gasteiger partial charge in [-0.3, -0.25) is 14.3 Å². The van der Waals surface area contributed by atoms with Crippen LogP contribution >= 0.6 is 0 Å². The van der Waals surface area contributed by atoms with Gasteiger partial charge in [-0.05, 0) is 26.2 Å². The summed E-state index contributed by atoms with van der Waals surface area (Å²) in [5.41, 5.74) is 1.91. The first-order valence-electron chi connectivity index (χ1n) is 7.43. The first-order valence-corrected chi connectivity index (χ1v) is 7.43. The van der Waals surface area contributed by atoms with Gasteiger partial charge in [-0.2, -0.15) is 5.10 Å². The number of hydrogen-bond acceptors (Lipinski definition) is 3. The molecule has 0 aliphatic carbocycles. The van der Waals surface area contributed by atoms with E-state index in [0.717, 1.165) is 5.69 Å². The third-order valence-corrected chi connectivity index (χ3v) is 3.42. The maximum atomic E-state index is 12.5. The molecule has 0 aliphatic rings. The lowest BCUT2D eigenvalue weighted by molar-refractivity contribution is -0.137. The van der Waals surface area contributed by atoms with Crippen LogP contribution in [-0.4, -0.2) is 32.8 Å². The lowest BCUT2D eigenvalue weighted by atomic mass is 10.0. The molecule has 2 N–H and O–H groups in total. The number of carboxylic acid groups (broad SMARTS) is 1. The Morgan fingerprint density at radius 2 is 2.05 bits per heavy atom. The zero-order chi connectivity index (χ0) is 16.9. The van der Waals surface area contributed by atoms with Crippen molar-refractivity contribution in [3.05, 3.63) is 29.6 Å². The number of allylic oxidation sites excluding steroid dienone is 1. The molecule has 1 heterocycles. The number of carbonyl (C=O) groups is 2. The van der Waals surface area contributed by atoms with Gasteiger partial charge in [0.1, 0.15) is 0 Å². The van der Waals surface area contributed by atoms with Crippen LogP contribution in [-0.2, 0) is 11.3 Å². The fourth-order valence-corrected chi connectivity index (χ4v) is 2.56. The number of aromatic nitrogens is 2. The fraction of sp³-hybridized carbons (Fsp3) is 0.562. The van der Waals surface area contributed by atoms with Crippen LogP contribution in [0.5, 0.6) is 0 Å². The molecule has 6 nitrogen and oxygen atoms in total. The summed E-state index contributed by atoms with van der Waals surface area (Å²) >= 11 is 0. The fourth-order valence-electron chi connectivity index (χ4n) is 2.56. The minimum absolute atomic E-state index is 0.0805. The Kier molecular flexibility index (Phi) is 6.34. The van der Waals surface area contributed by atoms with Crippen LogP contribution in [0.25, 0.3) is 0 Å². The molecule has 1 atom stereocenters. The number of nitrogens with one attached hydrogen (secondary N) is 1. The van der Waals surface area contributed by atoms with Crippen molar-refractivity contribution in [1.82, 2.24) is 15.1 Å². The summed E-state index contributed by atoms with van der Waals surface area (Å²) in [6, 6.07) is -0.383. The standard InChI is InChI=1S/C16H25N3O3/c1-6-7-19-12(5)15(11(4)18-19)16(22)17-13(8-10(2)3)9-14(20)21/h6,10,13H,1,7-9H2,2-5H3,(H,17,22)(H,20,21)/t13-/m0/s1. The second-order valence-corrected chi connectivity index (χ2v) is 5.91. The number of aryl methyl sites for hydroxylation is 1. The largest absolute Gasteiger partial charge is 0.481 e. The summed E-state index contributed by atoms with van der Waals surface area (Å²) in [6.07, 6.45) is 2.26. The number of hydrogen-bond donors (Lipinski definition) is 2. The Morgan fingerprint density at radius 3 is 2.55 bits per heavy atom. The van der Waals surface area contributed by atoms with Gasteiger partial charge in [0.05, 0.1) is 24.2 Å². The molecule has 0 unspecified atom stereocenters. The van der Waals surface area contributed by atoms with Gasteiger partial charge >= 0.3 is 5.97 Å². The van der Waals surface area contributed by atoms with Gasteiger partial charge in [0.15, 0.2) is 0 Å². The quantitative estimate of drug-likeness (QED) is 0.722. The molecular weight excluding hydrogens is 282 g/mol. The van der Waals surface area contributed by atoms with E-state index >= 15 is 0 Å². The van der Waals surface area contributed by atoms with E-state index in [9.17, 15) is 9.59 Å². The third kappa shape index (κ3) is 4.72.